The molecule has 292 valence electrons. The standard InChI is InChI=1S/C40H46ClN5O7S2/c1-52-37-32-9-5-27(32)19-45-23-40(13-3-4-25-16-30(41)8-11-34(25)40)24-53-36-12-7-26(18-35(36)45)38(47)42-55(51,22-28-6-10-33(28)37)43-39(48)29-17-31-21-46(54(2,49)50)15-14-44(31)20-29/h7-8,10-12,16-18,20,27-28,32,37H,3-6,9,13-15,19,21-24H2,1-2H3,(H,42,43,47,48,51)/t27-,28-,32+,37+,40-,55?/m0/s1. The Balaban J connectivity index is 1.09. The van der Waals surface area contributed by atoms with Gasteiger partial charge in [-0.3, -0.25) is 14.3 Å². The van der Waals surface area contributed by atoms with Crippen molar-refractivity contribution in [3.8, 4) is 5.75 Å². The Hall–Kier alpha value is -3.69. The van der Waals surface area contributed by atoms with Crippen LogP contribution in [-0.4, -0.2) is 84.8 Å². The van der Waals surface area contributed by atoms with E-state index >= 15 is 0 Å². The van der Waals surface area contributed by atoms with Crippen LogP contribution in [0.5, 0.6) is 5.75 Å². The largest absolute Gasteiger partial charge is 0.490 e. The third-order valence-electron chi connectivity index (χ3n) is 12.9. The van der Waals surface area contributed by atoms with Crippen molar-refractivity contribution >= 4 is 49.0 Å². The normalized spacial score (nSPS) is 30.3. The Morgan fingerprint density at radius 3 is 2.75 bits per heavy atom. The molecular weight excluding hydrogens is 762 g/mol. The quantitative estimate of drug-likeness (QED) is 0.349. The van der Waals surface area contributed by atoms with Crippen LogP contribution in [0.25, 0.3) is 0 Å². The summed E-state index contributed by atoms with van der Waals surface area (Å²) in [6.07, 6.45) is 10.4. The zero-order chi connectivity index (χ0) is 38.3. The second-order valence-electron chi connectivity index (χ2n) is 16.2. The zero-order valence-electron chi connectivity index (χ0n) is 31.0. The van der Waals surface area contributed by atoms with Gasteiger partial charge in [-0.2, -0.15) is 4.31 Å². The van der Waals surface area contributed by atoms with E-state index in [9.17, 15) is 22.2 Å². The number of anilines is 1. The van der Waals surface area contributed by atoms with Crippen molar-refractivity contribution in [2.24, 2.45) is 22.1 Å². The number of rotatable bonds is 4. The molecule has 3 aliphatic carbocycles. The first-order chi connectivity index (χ1) is 26.3. The van der Waals surface area contributed by atoms with Crippen molar-refractivity contribution in [3.63, 3.8) is 0 Å². The van der Waals surface area contributed by atoms with Gasteiger partial charge in [-0.05, 0) is 109 Å². The minimum Gasteiger partial charge on any atom is -0.490 e. The first-order valence-electron chi connectivity index (χ1n) is 19.1. The van der Waals surface area contributed by atoms with E-state index in [1.807, 2.05) is 22.8 Å². The van der Waals surface area contributed by atoms with Crippen LogP contribution in [0.3, 0.4) is 0 Å². The molecule has 4 heterocycles. The maximum atomic E-state index is 14.9. The summed E-state index contributed by atoms with van der Waals surface area (Å²) in [5.74, 6) is -0.297. The van der Waals surface area contributed by atoms with Crippen LogP contribution in [0, 0.1) is 17.8 Å². The van der Waals surface area contributed by atoms with Crippen molar-refractivity contribution in [2.45, 2.75) is 63.1 Å². The second kappa shape index (κ2) is 13.8. The van der Waals surface area contributed by atoms with Gasteiger partial charge in [0.1, 0.15) is 15.7 Å². The number of ether oxygens (including phenoxy) is 2. The average Bonchev–Trinajstić information content (AvgIpc) is 3.50. The Bertz CT molecular complexity index is 2370. The fourth-order valence-electron chi connectivity index (χ4n) is 9.79. The lowest BCUT2D eigenvalue weighted by molar-refractivity contribution is -0.00148. The van der Waals surface area contributed by atoms with Gasteiger partial charge in [-0.15, -0.1) is 4.36 Å². The summed E-state index contributed by atoms with van der Waals surface area (Å²) in [7, 11) is -5.34. The van der Waals surface area contributed by atoms with E-state index in [-0.39, 0.29) is 53.3 Å². The number of aryl methyl sites for hydroxylation is 1. The lowest BCUT2D eigenvalue weighted by Crippen LogP contribution is -2.51. The third-order valence-corrected chi connectivity index (χ3v) is 16.2. The molecule has 3 aromatic rings. The third kappa shape index (κ3) is 6.71. The number of fused-ring (bicyclic) bond motifs is 6. The number of sulfonamides is 1. The molecule has 3 aliphatic heterocycles. The minimum atomic E-state index is -3.65. The molecule has 2 amide bonds. The topological polar surface area (TPSA) is 140 Å². The maximum Gasteiger partial charge on any atom is 0.286 e. The number of aromatic nitrogens is 1. The van der Waals surface area contributed by atoms with Crippen LogP contribution >= 0.6 is 11.6 Å². The van der Waals surface area contributed by atoms with E-state index in [1.54, 1.807) is 25.4 Å². The molecule has 0 radical (unpaired) electrons. The zero-order valence-corrected chi connectivity index (χ0v) is 33.4. The lowest BCUT2D eigenvalue weighted by atomic mass is 9.65. The molecule has 2 aromatic carbocycles. The molecular formula is C40H46ClN5O7S2. The maximum absolute atomic E-state index is 14.9. The van der Waals surface area contributed by atoms with Gasteiger partial charge in [-0.1, -0.05) is 23.7 Å². The van der Waals surface area contributed by atoms with Crippen LogP contribution in [0.1, 0.15) is 69.6 Å². The van der Waals surface area contributed by atoms with Gasteiger partial charge in [0.2, 0.25) is 10.0 Å². The van der Waals surface area contributed by atoms with Crippen molar-refractivity contribution in [2.75, 3.05) is 50.3 Å². The second-order valence-corrected chi connectivity index (χ2v) is 20.6. The SMILES string of the molecule is CO[C@H]1C2=CC[C@H]2CS(=O)(NC(=O)c2cc3n(c2)CCN(S(C)(=O)=O)C3)=NC(=O)c2ccc3c(c2)N(C[C@@H]2CC[C@H]21)C[C@@]1(CCCc2cc(Cl)ccc21)CO3. The highest BCUT2D eigenvalue weighted by Crippen LogP contribution is 2.49. The molecule has 6 aliphatic rings. The predicted molar refractivity (Wildman–Crippen MR) is 210 cm³/mol. The number of methoxy groups -OCH3 is 1. The highest BCUT2D eigenvalue weighted by Gasteiger charge is 2.47. The molecule has 6 atom stereocenters. The number of benzene rings is 2. The number of carbonyl (C=O) groups is 2. The summed E-state index contributed by atoms with van der Waals surface area (Å²) in [6.45, 7) is 2.75. The van der Waals surface area contributed by atoms with Gasteiger partial charge in [0.15, 0.2) is 0 Å². The minimum absolute atomic E-state index is 0.0326. The van der Waals surface area contributed by atoms with Crippen LogP contribution < -0.4 is 14.4 Å². The number of nitrogens with zero attached hydrogens (tertiary/aromatic N) is 4. The van der Waals surface area contributed by atoms with Gasteiger partial charge in [0.25, 0.3) is 11.8 Å². The molecule has 12 nitrogen and oxygen atoms in total. The Morgan fingerprint density at radius 2 is 2.00 bits per heavy atom. The van der Waals surface area contributed by atoms with Gasteiger partial charge in [-0.25, -0.2) is 12.6 Å². The molecule has 0 saturated heterocycles. The molecule has 9 rings (SSSR count). The Morgan fingerprint density at radius 1 is 1.15 bits per heavy atom. The predicted octanol–water partition coefficient (Wildman–Crippen LogP) is 5.34. The summed E-state index contributed by atoms with van der Waals surface area (Å²) in [5.41, 5.74) is 5.23. The monoisotopic (exact) mass is 807 g/mol. The highest BCUT2D eigenvalue weighted by molar-refractivity contribution is 7.92. The smallest absolute Gasteiger partial charge is 0.286 e. The average molecular weight is 808 g/mol. The van der Waals surface area contributed by atoms with Gasteiger partial charge in [0.05, 0.1) is 42.5 Å². The Labute approximate surface area is 327 Å². The van der Waals surface area contributed by atoms with Crippen LogP contribution in [-0.2, 0) is 49.6 Å². The fourth-order valence-corrected chi connectivity index (χ4v) is 12.6. The molecule has 15 heteroatoms. The summed E-state index contributed by atoms with van der Waals surface area (Å²) < 4.78 is 62.5. The summed E-state index contributed by atoms with van der Waals surface area (Å²) in [4.78, 5) is 30.4. The summed E-state index contributed by atoms with van der Waals surface area (Å²) in [6, 6.07) is 13.1. The number of amides is 2. The molecule has 1 spiro atoms. The molecule has 1 saturated carbocycles. The van der Waals surface area contributed by atoms with Crippen molar-refractivity contribution in [3.05, 3.63) is 93.3 Å². The van der Waals surface area contributed by atoms with Gasteiger partial charge in [0, 0.05) is 61.2 Å². The van der Waals surface area contributed by atoms with Crippen LogP contribution in [0.2, 0.25) is 5.02 Å². The van der Waals surface area contributed by atoms with E-state index in [0.717, 1.165) is 61.2 Å². The van der Waals surface area contributed by atoms with Crippen LogP contribution in [0.4, 0.5) is 5.69 Å². The van der Waals surface area contributed by atoms with Crippen molar-refractivity contribution in [1.29, 1.82) is 0 Å². The fraction of sp³-hybridized carbons (Fsp3) is 0.500. The number of hydrogen-bond donors (Lipinski definition) is 1. The summed E-state index contributed by atoms with van der Waals surface area (Å²) in [5, 5.41) is 0.729. The number of nitrogens with one attached hydrogen (secondary N) is 1. The van der Waals surface area contributed by atoms with Gasteiger partial charge < -0.3 is 18.9 Å². The molecule has 1 unspecified atom stereocenters. The van der Waals surface area contributed by atoms with E-state index < -0.39 is 31.8 Å². The molecule has 2 bridgehead atoms. The molecule has 1 fully saturated rings. The number of carbonyl (C=O) groups excluding carboxylic acids is 2. The van der Waals surface area contributed by atoms with Gasteiger partial charge >= 0.3 is 0 Å². The highest BCUT2D eigenvalue weighted by atomic mass is 35.5. The first-order valence-corrected chi connectivity index (χ1v) is 23.0. The van der Waals surface area contributed by atoms with Crippen LogP contribution in [0.15, 0.2) is 64.7 Å². The lowest BCUT2D eigenvalue weighted by Gasteiger charge is -2.48. The van der Waals surface area contributed by atoms with Crippen molar-refractivity contribution < 1.29 is 31.7 Å². The Kier molecular flexibility index (Phi) is 9.23. The van der Waals surface area contributed by atoms with E-state index in [2.05, 4.69) is 32.2 Å². The molecule has 1 aromatic heterocycles. The number of allylic oxidation sites excluding steroid dienone is 1. The molecule has 1 N–H and O–H groups in total. The van der Waals surface area contributed by atoms with E-state index in [0.29, 0.717) is 43.5 Å². The number of hydrogen-bond acceptors (Lipinski definition) is 8. The number of halogens is 1. The van der Waals surface area contributed by atoms with E-state index in [1.165, 1.54) is 15.4 Å². The van der Waals surface area contributed by atoms with E-state index in [4.69, 9.17) is 21.1 Å². The molecule has 55 heavy (non-hydrogen) atoms. The van der Waals surface area contributed by atoms with Crippen molar-refractivity contribution in [1.82, 2.24) is 13.6 Å². The summed E-state index contributed by atoms with van der Waals surface area (Å²) >= 11 is 6.47. The first kappa shape index (κ1) is 36.9.